The first kappa shape index (κ1) is 12.0. The summed E-state index contributed by atoms with van der Waals surface area (Å²) in [5.41, 5.74) is 0. The quantitative estimate of drug-likeness (QED) is 0.579. The fraction of sp³-hybridized carbons (Fsp3) is 1.00. The van der Waals surface area contributed by atoms with E-state index in [1.165, 1.54) is 44.9 Å². The van der Waals surface area contributed by atoms with Gasteiger partial charge in [-0.1, -0.05) is 66.2 Å². The minimum absolute atomic E-state index is 0. The fourth-order valence-corrected chi connectivity index (χ4v) is 2.34. The van der Waals surface area contributed by atoms with Gasteiger partial charge in [0.1, 0.15) is 0 Å². The van der Waals surface area contributed by atoms with Gasteiger partial charge in [0.25, 0.3) is 0 Å². The molecule has 0 aromatic heterocycles. The van der Waals surface area contributed by atoms with Crippen LogP contribution in [0, 0.1) is 11.8 Å². The van der Waals surface area contributed by atoms with Gasteiger partial charge in [-0.15, -0.1) is 0 Å². The number of rotatable bonds is 3. The Morgan fingerprint density at radius 1 is 0.917 bits per heavy atom. The molecule has 1 aliphatic carbocycles. The molecule has 0 unspecified atom stereocenters. The van der Waals surface area contributed by atoms with E-state index >= 15 is 0 Å². The van der Waals surface area contributed by atoms with Gasteiger partial charge in [0, 0.05) is 0 Å². The second-order valence-electron chi connectivity index (χ2n) is 4.08. The molecule has 1 fully saturated rings. The Morgan fingerprint density at radius 2 is 1.42 bits per heavy atom. The highest BCUT2D eigenvalue weighted by Gasteiger charge is 2.18. The Bertz CT molecular complexity index is 88.2. The maximum Gasteiger partial charge on any atom is -0.0414 e. The predicted octanol–water partition coefficient (Wildman–Crippen LogP) is 4.64. The molecule has 0 nitrogen and oxygen atoms in total. The molecule has 0 aromatic rings. The molecular formula is C12H26. The van der Waals surface area contributed by atoms with Gasteiger partial charge in [0.2, 0.25) is 0 Å². The molecule has 0 saturated heterocycles. The maximum absolute atomic E-state index is 2.34. The minimum Gasteiger partial charge on any atom is -0.0776 e. The first-order chi connectivity index (χ1) is 5.36. The number of hydrogen-bond donors (Lipinski definition) is 0. The van der Waals surface area contributed by atoms with Crippen LogP contribution in [0.3, 0.4) is 0 Å². The van der Waals surface area contributed by atoms with Crippen molar-refractivity contribution in [2.75, 3.05) is 0 Å². The second-order valence-corrected chi connectivity index (χ2v) is 4.08. The van der Waals surface area contributed by atoms with Gasteiger partial charge in [-0.25, -0.2) is 0 Å². The molecule has 0 spiro atoms. The molecule has 1 rings (SSSR count). The largest absolute Gasteiger partial charge is 0.0776 e. The van der Waals surface area contributed by atoms with E-state index in [1.807, 2.05) is 0 Å². The van der Waals surface area contributed by atoms with Crippen LogP contribution in [-0.2, 0) is 0 Å². The molecule has 0 amide bonds. The van der Waals surface area contributed by atoms with Gasteiger partial charge in [-0.2, -0.15) is 0 Å². The van der Waals surface area contributed by atoms with Gasteiger partial charge in [0.05, 0.1) is 0 Å². The molecule has 0 aromatic carbocycles. The average Bonchev–Trinajstić information content (AvgIpc) is 2.07. The minimum atomic E-state index is 0. The molecule has 1 saturated carbocycles. The molecule has 0 N–H and O–H groups in total. The highest BCUT2D eigenvalue weighted by molar-refractivity contribution is 4.71. The standard InChI is InChI=1S/C11H22.CH4/c1-3-5-11-8-6-10(4-2)7-9-11;/h10-11H,3-9H2,1-2H3;1H4. The smallest absolute Gasteiger partial charge is 0.0414 e. The van der Waals surface area contributed by atoms with Gasteiger partial charge < -0.3 is 0 Å². The summed E-state index contributed by atoms with van der Waals surface area (Å²) in [5.74, 6) is 2.16. The van der Waals surface area contributed by atoms with E-state index in [0.717, 1.165) is 11.8 Å². The lowest BCUT2D eigenvalue weighted by atomic mass is 9.79. The van der Waals surface area contributed by atoms with E-state index in [2.05, 4.69) is 13.8 Å². The zero-order valence-corrected chi connectivity index (χ0v) is 8.10. The van der Waals surface area contributed by atoms with Crippen LogP contribution >= 0.6 is 0 Å². The summed E-state index contributed by atoms with van der Waals surface area (Å²) in [6, 6.07) is 0. The number of hydrogen-bond acceptors (Lipinski definition) is 0. The third-order valence-electron chi connectivity index (χ3n) is 3.24. The molecule has 0 atom stereocenters. The Balaban J connectivity index is 0.00000121. The van der Waals surface area contributed by atoms with Crippen molar-refractivity contribution < 1.29 is 0 Å². The Morgan fingerprint density at radius 3 is 1.83 bits per heavy atom. The monoisotopic (exact) mass is 170 g/mol. The van der Waals surface area contributed by atoms with E-state index in [1.54, 1.807) is 0 Å². The second kappa shape index (κ2) is 6.51. The molecule has 0 radical (unpaired) electrons. The lowest BCUT2D eigenvalue weighted by molar-refractivity contribution is 0.257. The van der Waals surface area contributed by atoms with Crippen molar-refractivity contribution in [1.82, 2.24) is 0 Å². The normalized spacial score (nSPS) is 29.5. The lowest BCUT2D eigenvalue weighted by Crippen LogP contribution is -2.13. The topological polar surface area (TPSA) is 0 Å². The van der Waals surface area contributed by atoms with E-state index < -0.39 is 0 Å². The van der Waals surface area contributed by atoms with E-state index in [4.69, 9.17) is 0 Å². The summed E-state index contributed by atoms with van der Waals surface area (Å²) >= 11 is 0. The maximum atomic E-state index is 2.34. The van der Waals surface area contributed by atoms with Crippen molar-refractivity contribution in [2.24, 2.45) is 11.8 Å². The van der Waals surface area contributed by atoms with Crippen LogP contribution in [0.1, 0.15) is 66.2 Å². The van der Waals surface area contributed by atoms with Crippen LogP contribution < -0.4 is 0 Å². The first-order valence-electron chi connectivity index (χ1n) is 5.36. The zero-order valence-electron chi connectivity index (χ0n) is 8.10. The Hall–Kier alpha value is 0. The summed E-state index contributed by atoms with van der Waals surface area (Å²) in [6.45, 7) is 4.65. The first-order valence-corrected chi connectivity index (χ1v) is 5.36. The summed E-state index contributed by atoms with van der Waals surface area (Å²) in [7, 11) is 0. The Kier molecular flexibility index (Phi) is 6.51. The van der Waals surface area contributed by atoms with E-state index in [-0.39, 0.29) is 7.43 Å². The van der Waals surface area contributed by atoms with Crippen molar-refractivity contribution in [3.05, 3.63) is 0 Å². The Labute approximate surface area is 78.8 Å². The fourth-order valence-electron chi connectivity index (χ4n) is 2.34. The van der Waals surface area contributed by atoms with Crippen molar-refractivity contribution in [3.8, 4) is 0 Å². The molecule has 1 aliphatic rings. The van der Waals surface area contributed by atoms with E-state index in [9.17, 15) is 0 Å². The summed E-state index contributed by atoms with van der Waals surface area (Å²) in [6.07, 6.45) is 10.4. The lowest BCUT2D eigenvalue weighted by Gasteiger charge is -2.27. The van der Waals surface area contributed by atoms with Gasteiger partial charge in [0.15, 0.2) is 0 Å². The van der Waals surface area contributed by atoms with Crippen LogP contribution in [0.5, 0.6) is 0 Å². The van der Waals surface area contributed by atoms with Crippen molar-refractivity contribution in [1.29, 1.82) is 0 Å². The third-order valence-corrected chi connectivity index (χ3v) is 3.24. The van der Waals surface area contributed by atoms with Crippen LogP contribution in [0.4, 0.5) is 0 Å². The highest BCUT2D eigenvalue weighted by Crippen LogP contribution is 2.32. The van der Waals surface area contributed by atoms with Gasteiger partial charge >= 0.3 is 0 Å². The summed E-state index contributed by atoms with van der Waals surface area (Å²) < 4.78 is 0. The van der Waals surface area contributed by atoms with Crippen LogP contribution in [0.2, 0.25) is 0 Å². The van der Waals surface area contributed by atoms with Crippen molar-refractivity contribution in [3.63, 3.8) is 0 Å². The third kappa shape index (κ3) is 3.60. The molecular weight excluding hydrogens is 144 g/mol. The van der Waals surface area contributed by atoms with Crippen molar-refractivity contribution in [2.45, 2.75) is 66.2 Å². The average molecular weight is 170 g/mol. The summed E-state index contributed by atoms with van der Waals surface area (Å²) in [5, 5.41) is 0. The summed E-state index contributed by atoms with van der Waals surface area (Å²) in [4.78, 5) is 0. The van der Waals surface area contributed by atoms with Crippen LogP contribution in [-0.4, -0.2) is 0 Å². The van der Waals surface area contributed by atoms with Crippen molar-refractivity contribution >= 4 is 0 Å². The van der Waals surface area contributed by atoms with Crippen LogP contribution in [0.25, 0.3) is 0 Å². The van der Waals surface area contributed by atoms with Crippen LogP contribution in [0.15, 0.2) is 0 Å². The molecule has 0 bridgehead atoms. The van der Waals surface area contributed by atoms with Gasteiger partial charge in [-0.3, -0.25) is 0 Å². The molecule has 0 aliphatic heterocycles. The SMILES string of the molecule is C.CCCC1CCC(CC)CC1. The highest BCUT2D eigenvalue weighted by atomic mass is 14.2. The molecule has 0 heteroatoms. The zero-order chi connectivity index (χ0) is 8.10. The molecule has 74 valence electrons. The molecule has 0 heterocycles. The van der Waals surface area contributed by atoms with Gasteiger partial charge in [-0.05, 0) is 11.8 Å². The predicted molar refractivity (Wildman–Crippen MR) is 57.4 cm³/mol. The van der Waals surface area contributed by atoms with E-state index in [0.29, 0.717) is 0 Å². The molecule has 12 heavy (non-hydrogen) atoms.